The van der Waals surface area contributed by atoms with Crippen molar-refractivity contribution in [1.29, 1.82) is 0 Å². The van der Waals surface area contributed by atoms with E-state index < -0.39 is 16.1 Å². The highest BCUT2D eigenvalue weighted by atomic mass is 35.5. The smallest absolute Gasteiger partial charge is 0.411 e. The number of carbonyl (C=O) groups is 1. The van der Waals surface area contributed by atoms with Crippen LogP contribution in [0.3, 0.4) is 0 Å². The zero-order chi connectivity index (χ0) is 17.6. The van der Waals surface area contributed by atoms with Crippen molar-refractivity contribution < 1.29 is 17.9 Å². The van der Waals surface area contributed by atoms with Gasteiger partial charge in [0, 0.05) is 22.3 Å². The molecule has 0 atom stereocenters. The van der Waals surface area contributed by atoms with Gasteiger partial charge in [-0.3, -0.25) is 5.32 Å². The summed E-state index contributed by atoms with van der Waals surface area (Å²) >= 11 is 11.4. The summed E-state index contributed by atoms with van der Waals surface area (Å²) in [5.74, 6) is 0. The Morgan fingerprint density at radius 3 is 2.08 bits per heavy atom. The number of benzene rings is 2. The van der Waals surface area contributed by atoms with E-state index >= 15 is 0 Å². The summed E-state index contributed by atoms with van der Waals surface area (Å²) < 4.78 is 31.2. The quantitative estimate of drug-likeness (QED) is 0.741. The Hall–Kier alpha value is -1.80. The number of carbonyl (C=O) groups excluding carboxylic acids is 1. The Morgan fingerprint density at radius 2 is 1.50 bits per heavy atom. The zero-order valence-corrected chi connectivity index (χ0v) is 14.7. The number of amides is 1. The molecule has 24 heavy (non-hydrogen) atoms. The third-order valence-electron chi connectivity index (χ3n) is 2.84. The van der Waals surface area contributed by atoms with Crippen molar-refractivity contribution >= 4 is 45.0 Å². The molecule has 2 aromatic rings. The fourth-order valence-corrected chi connectivity index (χ4v) is 2.97. The first-order chi connectivity index (χ1) is 11.4. The van der Waals surface area contributed by atoms with E-state index in [-0.39, 0.29) is 18.0 Å². The van der Waals surface area contributed by atoms with Gasteiger partial charge in [0.2, 0.25) is 10.0 Å². The van der Waals surface area contributed by atoms with Crippen LogP contribution >= 0.6 is 23.2 Å². The molecule has 0 spiro atoms. The van der Waals surface area contributed by atoms with Gasteiger partial charge in [-0.05, 0) is 48.5 Å². The van der Waals surface area contributed by atoms with Gasteiger partial charge in [-0.15, -0.1) is 0 Å². The lowest BCUT2D eigenvalue weighted by atomic mass is 10.3. The van der Waals surface area contributed by atoms with Gasteiger partial charge in [-0.2, -0.15) is 0 Å². The van der Waals surface area contributed by atoms with Gasteiger partial charge >= 0.3 is 6.09 Å². The van der Waals surface area contributed by atoms with Crippen LogP contribution in [0.1, 0.15) is 0 Å². The molecule has 0 heterocycles. The Kier molecular flexibility index (Phi) is 6.44. The highest BCUT2D eigenvalue weighted by Crippen LogP contribution is 2.14. The van der Waals surface area contributed by atoms with E-state index in [0.717, 1.165) is 0 Å². The van der Waals surface area contributed by atoms with Crippen LogP contribution < -0.4 is 10.0 Å². The Balaban J connectivity index is 1.76. The summed E-state index contributed by atoms with van der Waals surface area (Å²) in [6, 6.07) is 12.2. The second kappa shape index (κ2) is 8.34. The maximum absolute atomic E-state index is 12.0. The van der Waals surface area contributed by atoms with E-state index in [9.17, 15) is 13.2 Å². The molecule has 0 aliphatic carbocycles. The second-order valence-corrected chi connectivity index (χ2v) is 7.26. The number of halogens is 2. The van der Waals surface area contributed by atoms with Gasteiger partial charge in [0.25, 0.3) is 0 Å². The maximum Gasteiger partial charge on any atom is 0.411 e. The van der Waals surface area contributed by atoms with Crippen molar-refractivity contribution in [2.24, 2.45) is 0 Å². The van der Waals surface area contributed by atoms with Crippen LogP contribution in [0.5, 0.6) is 0 Å². The van der Waals surface area contributed by atoms with E-state index in [1.165, 1.54) is 24.3 Å². The van der Waals surface area contributed by atoms with Gasteiger partial charge in [0.05, 0.1) is 4.90 Å². The molecule has 9 heteroatoms. The van der Waals surface area contributed by atoms with E-state index in [1.54, 1.807) is 24.3 Å². The number of hydrogen-bond donors (Lipinski definition) is 2. The summed E-state index contributed by atoms with van der Waals surface area (Å²) in [7, 11) is -3.67. The minimum Gasteiger partial charge on any atom is -0.448 e. The van der Waals surface area contributed by atoms with Gasteiger partial charge in [-0.25, -0.2) is 17.9 Å². The highest BCUT2D eigenvalue weighted by Gasteiger charge is 2.13. The Morgan fingerprint density at radius 1 is 0.958 bits per heavy atom. The predicted molar refractivity (Wildman–Crippen MR) is 93.1 cm³/mol. The molecule has 2 N–H and O–H groups in total. The molecule has 0 bridgehead atoms. The number of hydrogen-bond acceptors (Lipinski definition) is 4. The minimum atomic E-state index is -3.67. The number of nitrogens with one attached hydrogen (secondary N) is 2. The molecule has 128 valence electrons. The van der Waals surface area contributed by atoms with Gasteiger partial charge < -0.3 is 4.74 Å². The van der Waals surface area contributed by atoms with Crippen LogP contribution in [0.4, 0.5) is 10.5 Å². The second-order valence-electron chi connectivity index (χ2n) is 4.62. The van der Waals surface area contributed by atoms with Gasteiger partial charge in [-0.1, -0.05) is 23.2 Å². The summed E-state index contributed by atoms with van der Waals surface area (Å²) in [4.78, 5) is 11.7. The minimum absolute atomic E-state index is 0.0566. The molecular formula is C15H14Cl2N2O4S. The van der Waals surface area contributed by atoms with Crippen molar-refractivity contribution in [2.45, 2.75) is 4.90 Å². The normalized spacial score (nSPS) is 11.1. The van der Waals surface area contributed by atoms with E-state index in [4.69, 9.17) is 27.9 Å². The molecule has 6 nitrogen and oxygen atoms in total. The Bertz CT molecular complexity index is 793. The van der Waals surface area contributed by atoms with Gasteiger partial charge in [0.15, 0.2) is 0 Å². The highest BCUT2D eigenvalue weighted by molar-refractivity contribution is 7.89. The van der Waals surface area contributed by atoms with Crippen molar-refractivity contribution in [3.8, 4) is 0 Å². The molecule has 0 aromatic heterocycles. The van der Waals surface area contributed by atoms with Crippen molar-refractivity contribution in [3.63, 3.8) is 0 Å². The van der Waals surface area contributed by atoms with Crippen molar-refractivity contribution in [1.82, 2.24) is 4.72 Å². The lowest BCUT2D eigenvalue weighted by Gasteiger charge is -2.09. The molecule has 2 aromatic carbocycles. The summed E-state index contributed by atoms with van der Waals surface area (Å²) in [6.45, 7) is -0.175. The molecule has 1 amide bonds. The molecular weight excluding hydrogens is 375 g/mol. The molecule has 0 radical (unpaired) electrons. The number of anilines is 1. The first-order valence-electron chi connectivity index (χ1n) is 6.81. The predicted octanol–water partition coefficient (Wildman–Crippen LogP) is 3.52. The molecule has 0 fully saturated rings. The molecule has 0 saturated carbocycles. The fraction of sp³-hybridized carbons (Fsp3) is 0.133. The van der Waals surface area contributed by atoms with Crippen LogP contribution in [-0.4, -0.2) is 27.7 Å². The van der Waals surface area contributed by atoms with E-state index in [0.29, 0.717) is 15.7 Å². The monoisotopic (exact) mass is 388 g/mol. The Labute approximate surface area is 149 Å². The van der Waals surface area contributed by atoms with Crippen molar-refractivity contribution in [3.05, 3.63) is 58.6 Å². The third kappa shape index (κ3) is 5.68. The van der Waals surface area contributed by atoms with Crippen LogP contribution in [0.2, 0.25) is 10.0 Å². The van der Waals surface area contributed by atoms with E-state index in [1.807, 2.05) is 0 Å². The number of ether oxygens (including phenoxy) is 1. The SMILES string of the molecule is O=C(Nc1ccc(Cl)cc1)OCCNS(=O)(=O)c1ccc(Cl)cc1. The van der Waals surface area contributed by atoms with Crippen LogP contribution in [0.15, 0.2) is 53.4 Å². The third-order valence-corrected chi connectivity index (χ3v) is 4.82. The van der Waals surface area contributed by atoms with Gasteiger partial charge in [0.1, 0.15) is 6.61 Å². The number of sulfonamides is 1. The standard InChI is InChI=1S/C15H14Cl2N2O4S/c16-11-1-5-13(6-2-11)19-15(20)23-10-9-18-24(21,22)14-7-3-12(17)4-8-14/h1-8,18H,9-10H2,(H,19,20). The van der Waals surface area contributed by atoms with Crippen LogP contribution in [0.25, 0.3) is 0 Å². The zero-order valence-electron chi connectivity index (χ0n) is 12.3. The molecule has 0 aliphatic rings. The molecule has 2 rings (SSSR count). The largest absolute Gasteiger partial charge is 0.448 e. The van der Waals surface area contributed by atoms with Crippen molar-refractivity contribution in [2.75, 3.05) is 18.5 Å². The first-order valence-corrected chi connectivity index (χ1v) is 9.05. The van der Waals surface area contributed by atoms with Crippen LogP contribution in [0, 0.1) is 0 Å². The maximum atomic E-state index is 12.0. The molecule has 0 saturated heterocycles. The fourth-order valence-electron chi connectivity index (χ4n) is 1.70. The topological polar surface area (TPSA) is 84.5 Å². The van der Waals surface area contributed by atoms with E-state index in [2.05, 4.69) is 10.0 Å². The summed E-state index contributed by atoms with van der Waals surface area (Å²) in [5, 5.41) is 3.48. The molecule has 0 unspecified atom stereocenters. The number of rotatable bonds is 6. The lowest BCUT2D eigenvalue weighted by Crippen LogP contribution is -2.29. The summed E-state index contributed by atoms with van der Waals surface area (Å²) in [5.41, 5.74) is 0.520. The average Bonchev–Trinajstić information content (AvgIpc) is 2.54. The summed E-state index contributed by atoms with van der Waals surface area (Å²) in [6.07, 6.45) is -0.692. The average molecular weight is 389 g/mol. The molecule has 0 aliphatic heterocycles. The first kappa shape index (κ1) is 18.5. The lowest BCUT2D eigenvalue weighted by molar-refractivity contribution is 0.164. The van der Waals surface area contributed by atoms with Crippen LogP contribution in [-0.2, 0) is 14.8 Å².